The van der Waals surface area contributed by atoms with Crippen molar-refractivity contribution in [1.29, 1.82) is 0 Å². The van der Waals surface area contributed by atoms with E-state index in [2.05, 4.69) is 19.9 Å². The number of nitrogens with zero attached hydrogens (tertiary/aromatic N) is 4. The van der Waals surface area contributed by atoms with Gasteiger partial charge in [0.25, 0.3) is 0 Å². The third-order valence-electron chi connectivity index (χ3n) is 5.23. The molecule has 1 aliphatic heterocycles. The highest BCUT2D eigenvalue weighted by Crippen LogP contribution is 2.26. The molecule has 0 amide bonds. The largest absolute Gasteiger partial charge is 0.382 e. The SMILES string of the molecule is Nc1ncc(-c2ccc(Cl)cc2)nc1C(=O)Cc1cnccc1N1CCCC(N)C1. The highest BCUT2D eigenvalue weighted by molar-refractivity contribution is 6.30. The minimum atomic E-state index is -0.202. The quantitative estimate of drug-likeness (QED) is 0.607. The number of pyridine rings is 1. The Morgan fingerprint density at radius 3 is 2.77 bits per heavy atom. The number of halogens is 1. The van der Waals surface area contributed by atoms with Crippen LogP contribution in [0.3, 0.4) is 0 Å². The van der Waals surface area contributed by atoms with E-state index in [0.717, 1.165) is 42.7 Å². The number of nitrogens with two attached hydrogens (primary N) is 2. The average Bonchev–Trinajstić information content (AvgIpc) is 2.75. The van der Waals surface area contributed by atoms with Gasteiger partial charge in [-0.1, -0.05) is 23.7 Å². The van der Waals surface area contributed by atoms with Crippen molar-refractivity contribution >= 4 is 28.9 Å². The Kier molecular flexibility index (Phi) is 5.92. The van der Waals surface area contributed by atoms with Crippen molar-refractivity contribution in [3.05, 3.63) is 65.2 Å². The summed E-state index contributed by atoms with van der Waals surface area (Å²) in [7, 11) is 0. The molecule has 0 bridgehead atoms. The number of hydrogen-bond acceptors (Lipinski definition) is 7. The summed E-state index contributed by atoms with van der Waals surface area (Å²) in [6.45, 7) is 1.67. The van der Waals surface area contributed by atoms with E-state index in [1.54, 1.807) is 30.7 Å². The lowest BCUT2D eigenvalue weighted by molar-refractivity contribution is 0.0989. The van der Waals surface area contributed by atoms with E-state index < -0.39 is 0 Å². The smallest absolute Gasteiger partial charge is 0.189 e. The predicted octanol–water partition coefficient (Wildman–Crippen LogP) is 3.13. The van der Waals surface area contributed by atoms with Crippen LogP contribution in [0.5, 0.6) is 0 Å². The van der Waals surface area contributed by atoms with Crippen LogP contribution in [0.4, 0.5) is 11.5 Å². The van der Waals surface area contributed by atoms with Crippen LogP contribution in [0.15, 0.2) is 48.9 Å². The summed E-state index contributed by atoms with van der Waals surface area (Å²) in [6.07, 6.45) is 7.19. The van der Waals surface area contributed by atoms with E-state index in [0.29, 0.717) is 10.7 Å². The molecular weight excluding hydrogens is 400 g/mol. The van der Waals surface area contributed by atoms with Crippen LogP contribution in [0.25, 0.3) is 11.3 Å². The molecule has 0 aliphatic carbocycles. The molecule has 1 atom stereocenters. The van der Waals surface area contributed by atoms with E-state index in [1.165, 1.54) is 0 Å². The molecule has 4 rings (SSSR count). The first kappa shape index (κ1) is 20.3. The highest BCUT2D eigenvalue weighted by Gasteiger charge is 2.22. The summed E-state index contributed by atoms with van der Waals surface area (Å²) in [5.74, 6) is -0.0884. The van der Waals surface area contributed by atoms with E-state index >= 15 is 0 Å². The third kappa shape index (κ3) is 4.42. The normalized spacial score (nSPS) is 16.5. The molecule has 30 heavy (non-hydrogen) atoms. The van der Waals surface area contributed by atoms with Crippen molar-refractivity contribution in [2.24, 2.45) is 5.73 Å². The Bertz CT molecular complexity index is 1060. The fraction of sp³-hybridized carbons (Fsp3) is 0.273. The molecule has 1 saturated heterocycles. The summed E-state index contributed by atoms with van der Waals surface area (Å²) in [6, 6.07) is 9.25. The van der Waals surface area contributed by atoms with Crippen LogP contribution in [0, 0.1) is 0 Å². The average molecular weight is 423 g/mol. The second-order valence-electron chi connectivity index (χ2n) is 7.45. The van der Waals surface area contributed by atoms with Gasteiger partial charge in [-0.15, -0.1) is 0 Å². The molecule has 1 aliphatic rings. The highest BCUT2D eigenvalue weighted by atomic mass is 35.5. The van der Waals surface area contributed by atoms with Gasteiger partial charge < -0.3 is 16.4 Å². The number of rotatable bonds is 5. The van der Waals surface area contributed by atoms with E-state index in [4.69, 9.17) is 23.1 Å². The maximum atomic E-state index is 13.1. The maximum Gasteiger partial charge on any atom is 0.189 e. The van der Waals surface area contributed by atoms with Gasteiger partial charge in [-0.3, -0.25) is 9.78 Å². The number of aromatic nitrogens is 3. The Hall–Kier alpha value is -3.03. The van der Waals surface area contributed by atoms with Crippen LogP contribution in [0.2, 0.25) is 5.02 Å². The van der Waals surface area contributed by atoms with Crippen LogP contribution in [-0.2, 0) is 6.42 Å². The first-order valence-corrected chi connectivity index (χ1v) is 10.2. The molecule has 0 saturated carbocycles. The van der Waals surface area contributed by atoms with Crippen molar-refractivity contribution in [3.8, 4) is 11.3 Å². The molecule has 2 aromatic heterocycles. The Balaban J connectivity index is 1.60. The van der Waals surface area contributed by atoms with Gasteiger partial charge in [-0.05, 0) is 31.0 Å². The Morgan fingerprint density at radius 2 is 2.00 bits per heavy atom. The zero-order chi connectivity index (χ0) is 21.1. The second-order valence-corrected chi connectivity index (χ2v) is 7.89. The van der Waals surface area contributed by atoms with Gasteiger partial charge in [0.1, 0.15) is 5.69 Å². The van der Waals surface area contributed by atoms with E-state index in [-0.39, 0.29) is 29.8 Å². The zero-order valence-corrected chi connectivity index (χ0v) is 17.2. The van der Waals surface area contributed by atoms with Gasteiger partial charge in [0.2, 0.25) is 0 Å². The van der Waals surface area contributed by atoms with Gasteiger partial charge in [0.15, 0.2) is 11.6 Å². The molecule has 4 N–H and O–H groups in total. The predicted molar refractivity (Wildman–Crippen MR) is 119 cm³/mol. The van der Waals surface area contributed by atoms with Crippen LogP contribution < -0.4 is 16.4 Å². The Labute approximate surface area is 180 Å². The van der Waals surface area contributed by atoms with Gasteiger partial charge >= 0.3 is 0 Å². The Morgan fingerprint density at radius 1 is 1.20 bits per heavy atom. The number of anilines is 2. The molecule has 1 fully saturated rings. The van der Waals surface area contributed by atoms with Crippen molar-refractivity contribution in [2.75, 3.05) is 23.7 Å². The minimum absolute atomic E-state index is 0.114. The first-order chi connectivity index (χ1) is 14.5. The topological polar surface area (TPSA) is 111 Å². The number of hydrogen-bond donors (Lipinski definition) is 2. The summed E-state index contributed by atoms with van der Waals surface area (Å²) in [4.78, 5) is 28.2. The summed E-state index contributed by atoms with van der Waals surface area (Å²) in [5.41, 5.74) is 15.5. The van der Waals surface area contributed by atoms with Gasteiger partial charge in [-0.2, -0.15) is 0 Å². The van der Waals surface area contributed by atoms with Crippen molar-refractivity contribution in [1.82, 2.24) is 15.0 Å². The lowest BCUT2D eigenvalue weighted by atomic mass is 10.0. The number of Topliss-reactive ketones (excluding diaryl/α,β-unsaturated/α-hetero) is 1. The molecule has 154 valence electrons. The number of nitrogen functional groups attached to an aromatic ring is 1. The van der Waals surface area contributed by atoms with Crippen LogP contribution in [-0.4, -0.2) is 39.9 Å². The van der Waals surface area contributed by atoms with Crippen molar-refractivity contribution < 1.29 is 4.79 Å². The molecule has 3 heterocycles. The van der Waals surface area contributed by atoms with Crippen molar-refractivity contribution in [3.63, 3.8) is 0 Å². The number of benzene rings is 1. The molecule has 7 nitrogen and oxygen atoms in total. The zero-order valence-electron chi connectivity index (χ0n) is 16.5. The van der Waals surface area contributed by atoms with Gasteiger partial charge in [-0.25, -0.2) is 9.97 Å². The number of carbonyl (C=O) groups is 1. The minimum Gasteiger partial charge on any atom is -0.382 e. The molecule has 8 heteroatoms. The lowest BCUT2D eigenvalue weighted by Crippen LogP contribution is -2.43. The number of carbonyl (C=O) groups excluding carboxylic acids is 1. The fourth-order valence-electron chi connectivity index (χ4n) is 3.71. The number of ketones is 1. The first-order valence-electron chi connectivity index (χ1n) is 9.86. The number of piperidine rings is 1. The van der Waals surface area contributed by atoms with Gasteiger partial charge in [0, 0.05) is 59.8 Å². The lowest BCUT2D eigenvalue weighted by Gasteiger charge is -2.33. The molecule has 3 aromatic rings. The van der Waals surface area contributed by atoms with Gasteiger partial charge in [0.05, 0.1) is 11.9 Å². The molecular formula is C22H23ClN6O. The molecule has 1 aromatic carbocycles. The van der Waals surface area contributed by atoms with Crippen LogP contribution in [0.1, 0.15) is 28.9 Å². The summed E-state index contributed by atoms with van der Waals surface area (Å²) >= 11 is 5.96. The van der Waals surface area contributed by atoms with E-state index in [9.17, 15) is 4.79 Å². The summed E-state index contributed by atoms with van der Waals surface area (Å²) < 4.78 is 0. The van der Waals surface area contributed by atoms with Crippen LogP contribution >= 0.6 is 11.6 Å². The molecule has 0 radical (unpaired) electrons. The fourth-order valence-corrected chi connectivity index (χ4v) is 3.84. The van der Waals surface area contributed by atoms with Crippen molar-refractivity contribution in [2.45, 2.75) is 25.3 Å². The maximum absolute atomic E-state index is 13.1. The molecule has 1 unspecified atom stereocenters. The monoisotopic (exact) mass is 422 g/mol. The second kappa shape index (κ2) is 8.77. The third-order valence-corrected chi connectivity index (χ3v) is 5.48. The standard InChI is InChI=1S/C22H23ClN6O/c23-16-5-3-14(4-6-16)18-12-27-22(25)21(28-18)20(30)10-15-11-26-8-7-19(15)29-9-1-2-17(24)13-29/h3-8,11-12,17H,1-2,9-10,13,24H2,(H2,25,27). The summed E-state index contributed by atoms with van der Waals surface area (Å²) in [5, 5.41) is 0.625. The van der Waals surface area contributed by atoms with E-state index in [1.807, 2.05) is 18.2 Å². The molecule has 0 spiro atoms.